The zero-order valence-electron chi connectivity index (χ0n) is 11.9. The molecule has 0 aromatic heterocycles. The largest absolute Gasteiger partial charge is 0.514 e. The van der Waals surface area contributed by atoms with Crippen LogP contribution in [0.3, 0.4) is 0 Å². The molecule has 0 radical (unpaired) electrons. The molecule has 0 heterocycles. The minimum absolute atomic E-state index is 0. The zero-order valence-corrected chi connectivity index (χ0v) is 15.1. The molecule has 3 nitrogen and oxygen atoms in total. The van der Waals surface area contributed by atoms with E-state index in [0.717, 1.165) is 0 Å². The first-order valence-corrected chi connectivity index (χ1v) is 9.25. The Morgan fingerprint density at radius 1 is 0.895 bits per heavy atom. The molecule has 0 amide bonds. The van der Waals surface area contributed by atoms with Gasteiger partial charge in [0.05, 0.1) is 17.0 Å². The van der Waals surface area contributed by atoms with Gasteiger partial charge in [-0.25, -0.2) is 0 Å². The SMILES string of the molecule is CC(C)[P+](NS(=O)(=O)C(F)(F)F)(C(C)C)C(C)C.[Pd]. The summed E-state index contributed by atoms with van der Waals surface area (Å²) in [5.41, 5.74) is -5.68. The Balaban J connectivity index is 0. The molecule has 0 aromatic carbocycles. The Kier molecular flexibility index (Phi) is 8.34. The van der Waals surface area contributed by atoms with Gasteiger partial charge in [-0.2, -0.15) is 21.6 Å². The van der Waals surface area contributed by atoms with Crippen molar-refractivity contribution in [3.63, 3.8) is 0 Å². The Labute approximate surface area is 128 Å². The average molecular weight is 415 g/mol. The van der Waals surface area contributed by atoms with Gasteiger partial charge in [0.15, 0.2) is 0 Å². The summed E-state index contributed by atoms with van der Waals surface area (Å²) in [5, 5.41) is 0. The van der Waals surface area contributed by atoms with Gasteiger partial charge in [-0.3, -0.25) is 0 Å². The first-order chi connectivity index (χ1) is 7.79. The predicted molar refractivity (Wildman–Crippen MR) is 70.4 cm³/mol. The van der Waals surface area contributed by atoms with Crippen molar-refractivity contribution in [3.8, 4) is 0 Å². The zero-order chi connectivity index (χ0) is 14.9. The Morgan fingerprint density at radius 3 is 1.32 bits per heavy atom. The van der Waals surface area contributed by atoms with Gasteiger partial charge >= 0.3 is 15.5 Å². The van der Waals surface area contributed by atoms with Crippen LogP contribution >= 0.6 is 7.41 Å². The second-order valence-electron chi connectivity index (χ2n) is 5.16. The third-order valence-corrected chi connectivity index (χ3v) is 11.1. The molecule has 120 valence electrons. The van der Waals surface area contributed by atoms with Crippen molar-refractivity contribution in [1.82, 2.24) is 4.49 Å². The van der Waals surface area contributed by atoms with Gasteiger partial charge in [-0.1, -0.05) is 4.49 Å². The number of hydrogen-bond acceptors (Lipinski definition) is 2. The Hall–Kier alpha value is 0.792. The van der Waals surface area contributed by atoms with Crippen molar-refractivity contribution in [2.45, 2.75) is 64.0 Å². The second-order valence-corrected chi connectivity index (χ2v) is 12.1. The number of halogens is 3. The molecular weight excluding hydrogens is 393 g/mol. The van der Waals surface area contributed by atoms with Crippen LogP contribution in [0.2, 0.25) is 0 Å². The molecule has 0 aliphatic rings. The van der Waals surface area contributed by atoms with Crippen LogP contribution in [0.5, 0.6) is 0 Å². The van der Waals surface area contributed by atoms with Crippen LogP contribution in [0.15, 0.2) is 0 Å². The molecule has 0 spiro atoms. The number of rotatable bonds is 5. The molecule has 0 aromatic rings. The molecule has 0 saturated carbocycles. The first kappa shape index (κ1) is 22.1. The van der Waals surface area contributed by atoms with Crippen molar-refractivity contribution in [2.24, 2.45) is 0 Å². The van der Waals surface area contributed by atoms with Gasteiger partial charge in [0, 0.05) is 20.4 Å². The van der Waals surface area contributed by atoms with Gasteiger partial charge in [0.2, 0.25) is 0 Å². The summed E-state index contributed by atoms with van der Waals surface area (Å²) in [7, 11) is -7.78. The maximum Gasteiger partial charge on any atom is 0.514 e. The molecule has 0 rings (SSSR count). The first-order valence-electron chi connectivity index (χ1n) is 5.77. The second kappa shape index (κ2) is 7.18. The summed E-state index contributed by atoms with van der Waals surface area (Å²) in [6.45, 7) is 10.6. The molecule has 0 aliphatic heterocycles. The van der Waals surface area contributed by atoms with E-state index in [1.165, 1.54) is 0 Å². The van der Waals surface area contributed by atoms with E-state index >= 15 is 0 Å². The monoisotopic (exact) mass is 414 g/mol. The molecular formula is C10H22F3NO2PPdS+. The fourth-order valence-electron chi connectivity index (χ4n) is 2.36. The number of nitrogens with one attached hydrogen (secondary N) is 1. The molecule has 9 heteroatoms. The predicted octanol–water partition coefficient (Wildman–Crippen LogP) is 3.58. The summed E-state index contributed by atoms with van der Waals surface area (Å²) in [6.07, 6.45) is 0. The fraction of sp³-hybridized carbons (Fsp3) is 1.00. The summed E-state index contributed by atoms with van der Waals surface area (Å²) in [4.78, 5) is 0. The summed E-state index contributed by atoms with van der Waals surface area (Å²) in [5.74, 6) is 0. The topological polar surface area (TPSA) is 46.2 Å². The van der Waals surface area contributed by atoms with Gasteiger partial charge < -0.3 is 0 Å². The van der Waals surface area contributed by atoms with E-state index in [0.29, 0.717) is 0 Å². The Morgan fingerprint density at radius 2 is 1.16 bits per heavy atom. The summed E-state index contributed by atoms with van der Waals surface area (Å²) >= 11 is 0. The Bertz CT molecular complexity index is 361. The van der Waals surface area contributed by atoms with E-state index in [9.17, 15) is 21.6 Å². The van der Waals surface area contributed by atoms with E-state index in [1.807, 2.05) is 4.49 Å². The number of sulfonamides is 1. The van der Waals surface area contributed by atoms with Crippen LogP contribution in [-0.2, 0) is 30.4 Å². The average Bonchev–Trinajstić information content (AvgIpc) is 2.10. The molecule has 0 bridgehead atoms. The van der Waals surface area contributed by atoms with E-state index in [4.69, 9.17) is 0 Å². The molecule has 0 atom stereocenters. The van der Waals surface area contributed by atoms with Gasteiger partial charge in [-0.15, -0.1) is 0 Å². The van der Waals surface area contributed by atoms with E-state index in [2.05, 4.69) is 0 Å². The van der Waals surface area contributed by atoms with Crippen LogP contribution < -0.4 is 4.49 Å². The standard InChI is InChI=1S/C10H22F3NO2PS.Pd/c1-7(2)17(8(3)4,9(5)6)14-18(15,16)10(11,12)13;/h7-9,14H,1-6H3;/q+1;. The van der Waals surface area contributed by atoms with Crippen LogP contribution in [0, 0.1) is 0 Å². The van der Waals surface area contributed by atoms with Crippen LogP contribution in [0.25, 0.3) is 0 Å². The van der Waals surface area contributed by atoms with Crippen molar-refractivity contribution >= 4 is 17.4 Å². The third kappa shape index (κ3) is 4.64. The van der Waals surface area contributed by atoms with Gasteiger partial charge in [0.25, 0.3) is 0 Å². The van der Waals surface area contributed by atoms with Crippen molar-refractivity contribution in [1.29, 1.82) is 0 Å². The van der Waals surface area contributed by atoms with E-state index in [1.54, 1.807) is 41.5 Å². The molecule has 0 unspecified atom stereocenters. The van der Waals surface area contributed by atoms with E-state index < -0.39 is 22.9 Å². The third-order valence-electron chi connectivity index (χ3n) is 3.15. The maximum atomic E-state index is 12.5. The van der Waals surface area contributed by atoms with Crippen molar-refractivity contribution < 1.29 is 42.0 Å². The van der Waals surface area contributed by atoms with Gasteiger partial charge in [-0.05, 0) is 41.5 Å². The quantitative estimate of drug-likeness (QED) is 0.552. The minimum atomic E-state index is -5.29. The summed E-state index contributed by atoms with van der Waals surface area (Å²) in [6, 6.07) is 0. The normalized spacial score (nSPS) is 14.1. The molecule has 0 aliphatic carbocycles. The smallest absolute Gasteiger partial charge is 0.200 e. The molecule has 0 fully saturated rings. The van der Waals surface area contributed by atoms with Crippen LogP contribution in [0.1, 0.15) is 41.5 Å². The summed E-state index contributed by atoms with van der Waals surface area (Å²) < 4.78 is 62.3. The molecule has 1 N–H and O–H groups in total. The van der Waals surface area contributed by atoms with Crippen LogP contribution in [0.4, 0.5) is 13.2 Å². The maximum absolute atomic E-state index is 12.5. The van der Waals surface area contributed by atoms with Crippen LogP contribution in [-0.4, -0.2) is 30.9 Å². The number of hydrogen-bond donors (Lipinski definition) is 1. The fourth-order valence-corrected chi connectivity index (χ4v) is 10.6. The van der Waals surface area contributed by atoms with Crippen molar-refractivity contribution in [2.75, 3.05) is 0 Å². The van der Waals surface area contributed by atoms with Crippen molar-refractivity contribution in [3.05, 3.63) is 0 Å². The van der Waals surface area contributed by atoms with E-state index in [-0.39, 0.29) is 37.4 Å². The number of alkyl halides is 3. The molecule has 0 saturated heterocycles. The molecule has 19 heavy (non-hydrogen) atoms. The minimum Gasteiger partial charge on any atom is -0.200 e. The van der Waals surface area contributed by atoms with Gasteiger partial charge in [0.1, 0.15) is 7.41 Å².